The highest BCUT2D eigenvalue weighted by Gasteiger charge is 2.11. The van der Waals surface area contributed by atoms with E-state index in [-0.39, 0.29) is 0 Å². The lowest BCUT2D eigenvalue weighted by Crippen LogP contribution is -1.83. The lowest BCUT2D eigenvalue weighted by molar-refractivity contribution is 1.10. The van der Waals surface area contributed by atoms with Crippen molar-refractivity contribution in [3.05, 3.63) is 33.8 Å². The largest absolute Gasteiger partial charge is 0.381 e. The van der Waals surface area contributed by atoms with Gasteiger partial charge in [0, 0.05) is 10.6 Å². The first-order valence-electron chi connectivity index (χ1n) is 3.94. The third kappa shape index (κ3) is 1.51. The molecule has 3 N–H and O–H groups in total. The molecule has 14 heavy (non-hydrogen) atoms. The van der Waals surface area contributed by atoms with Crippen LogP contribution in [0.4, 0.5) is 5.82 Å². The minimum atomic E-state index is 0.430. The minimum absolute atomic E-state index is 0.430. The third-order valence-corrected chi connectivity index (χ3v) is 3.01. The van der Waals surface area contributed by atoms with Crippen molar-refractivity contribution in [3.63, 3.8) is 0 Å². The zero-order valence-electron chi connectivity index (χ0n) is 7.09. The molecule has 0 radical (unpaired) electrons. The molecule has 2 aromatic rings. The summed E-state index contributed by atoms with van der Waals surface area (Å²) >= 11 is 9.37. The van der Waals surface area contributed by atoms with Crippen molar-refractivity contribution in [3.8, 4) is 11.3 Å². The summed E-state index contributed by atoms with van der Waals surface area (Å²) in [6.07, 6.45) is 0. The van der Waals surface area contributed by atoms with Gasteiger partial charge in [-0.25, -0.2) is 0 Å². The first kappa shape index (κ1) is 9.55. The van der Waals surface area contributed by atoms with Gasteiger partial charge in [0.1, 0.15) is 0 Å². The average molecular weight is 273 g/mol. The summed E-state index contributed by atoms with van der Waals surface area (Å²) in [6, 6.07) is 7.50. The second-order valence-electron chi connectivity index (χ2n) is 2.78. The summed E-state index contributed by atoms with van der Waals surface area (Å²) < 4.78 is 0.741. The van der Waals surface area contributed by atoms with Crippen LogP contribution in [0.5, 0.6) is 0 Å². The molecule has 2 rings (SSSR count). The number of nitrogen functional groups attached to an aromatic ring is 1. The highest BCUT2D eigenvalue weighted by atomic mass is 79.9. The van der Waals surface area contributed by atoms with E-state index < -0.39 is 0 Å². The highest BCUT2D eigenvalue weighted by molar-refractivity contribution is 9.10. The second-order valence-corrected chi connectivity index (χ2v) is 3.98. The van der Waals surface area contributed by atoms with Crippen LogP contribution < -0.4 is 5.73 Å². The topological polar surface area (TPSA) is 54.7 Å². The molecule has 0 aliphatic heterocycles. The number of anilines is 1. The van der Waals surface area contributed by atoms with Crippen molar-refractivity contribution in [2.75, 3.05) is 5.73 Å². The van der Waals surface area contributed by atoms with Gasteiger partial charge in [0.25, 0.3) is 0 Å². The first-order valence-corrected chi connectivity index (χ1v) is 5.11. The van der Waals surface area contributed by atoms with E-state index in [0.717, 1.165) is 15.7 Å². The zero-order valence-corrected chi connectivity index (χ0v) is 9.43. The summed E-state index contributed by atoms with van der Waals surface area (Å²) in [5.41, 5.74) is 7.27. The molecule has 0 aliphatic carbocycles. The molecule has 0 unspecified atom stereocenters. The molecule has 0 spiro atoms. The first-order chi connectivity index (χ1) is 6.70. The van der Waals surface area contributed by atoms with E-state index in [1.54, 1.807) is 0 Å². The summed E-state index contributed by atoms with van der Waals surface area (Å²) in [5.74, 6) is 0.430. The molecule has 5 heteroatoms. The van der Waals surface area contributed by atoms with E-state index in [2.05, 4.69) is 26.1 Å². The van der Waals surface area contributed by atoms with E-state index in [1.807, 2.05) is 24.3 Å². The minimum Gasteiger partial charge on any atom is -0.381 e. The molecule has 72 valence electrons. The molecular formula is C9H7BrClN3. The number of nitrogens with zero attached hydrogens (tertiary/aromatic N) is 1. The number of H-pyrrole nitrogens is 1. The Morgan fingerprint density at radius 1 is 1.36 bits per heavy atom. The van der Waals surface area contributed by atoms with Crippen LogP contribution >= 0.6 is 27.5 Å². The van der Waals surface area contributed by atoms with Crippen LogP contribution in [0.25, 0.3) is 11.3 Å². The fourth-order valence-electron chi connectivity index (χ4n) is 1.18. The molecular weight excluding hydrogens is 265 g/mol. The molecule has 3 nitrogen and oxygen atoms in total. The lowest BCUT2D eigenvalue weighted by Gasteiger charge is -2.00. The van der Waals surface area contributed by atoms with Crippen LogP contribution in [0.3, 0.4) is 0 Å². The van der Waals surface area contributed by atoms with Crippen LogP contribution in [0, 0.1) is 0 Å². The second kappa shape index (κ2) is 3.63. The molecule has 0 saturated carbocycles. The van der Waals surface area contributed by atoms with Crippen LogP contribution in [0.2, 0.25) is 5.02 Å². The van der Waals surface area contributed by atoms with Gasteiger partial charge in [0.15, 0.2) is 5.82 Å². The van der Waals surface area contributed by atoms with Crippen LogP contribution in [0.1, 0.15) is 0 Å². The molecule has 1 aromatic carbocycles. The quantitative estimate of drug-likeness (QED) is 0.838. The summed E-state index contributed by atoms with van der Waals surface area (Å²) in [7, 11) is 0. The number of rotatable bonds is 1. The third-order valence-electron chi connectivity index (χ3n) is 1.88. The fraction of sp³-hybridized carbons (Fsp3) is 0. The Bertz CT molecular complexity index is 467. The summed E-state index contributed by atoms with van der Waals surface area (Å²) in [5, 5.41) is 7.37. The SMILES string of the molecule is Nc1n[nH]c(-c2ccccc2Cl)c1Br. The number of hydrogen-bond donors (Lipinski definition) is 2. The number of hydrogen-bond acceptors (Lipinski definition) is 2. The van der Waals surface area contributed by atoms with Crippen molar-refractivity contribution < 1.29 is 0 Å². The van der Waals surface area contributed by atoms with Gasteiger partial charge in [-0.3, -0.25) is 5.10 Å². The Kier molecular flexibility index (Phi) is 2.48. The number of aromatic amines is 1. The zero-order chi connectivity index (χ0) is 10.1. The Hall–Kier alpha value is -1.000. The molecule has 0 fully saturated rings. The van der Waals surface area contributed by atoms with Crippen LogP contribution in [-0.2, 0) is 0 Å². The monoisotopic (exact) mass is 271 g/mol. The predicted molar refractivity (Wildman–Crippen MR) is 61.1 cm³/mol. The molecule has 1 aromatic heterocycles. The average Bonchev–Trinajstić information content (AvgIpc) is 2.49. The van der Waals surface area contributed by atoms with Crippen molar-refractivity contribution in [2.24, 2.45) is 0 Å². The van der Waals surface area contributed by atoms with Crippen molar-refractivity contribution in [1.82, 2.24) is 10.2 Å². The van der Waals surface area contributed by atoms with Gasteiger partial charge < -0.3 is 5.73 Å². The normalized spacial score (nSPS) is 10.4. The Morgan fingerprint density at radius 2 is 2.07 bits per heavy atom. The molecule has 0 aliphatic rings. The maximum absolute atomic E-state index is 6.03. The van der Waals surface area contributed by atoms with Crippen LogP contribution in [-0.4, -0.2) is 10.2 Å². The van der Waals surface area contributed by atoms with E-state index >= 15 is 0 Å². The number of halogens is 2. The Labute approximate surface area is 94.4 Å². The summed E-state index contributed by atoms with van der Waals surface area (Å²) in [4.78, 5) is 0. The van der Waals surface area contributed by atoms with Gasteiger partial charge in [0.05, 0.1) is 10.2 Å². The number of nitrogens with one attached hydrogen (secondary N) is 1. The van der Waals surface area contributed by atoms with E-state index in [0.29, 0.717) is 10.8 Å². The summed E-state index contributed by atoms with van der Waals surface area (Å²) in [6.45, 7) is 0. The maximum Gasteiger partial charge on any atom is 0.160 e. The van der Waals surface area contributed by atoms with Gasteiger partial charge >= 0.3 is 0 Å². The lowest BCUT2D eigenvalue weighted by atomic mass is 10.1. The Morgan fingerprint density at radius 3 is 2.64 bits per heavy atom. The molecule has 0 saturated heterocycles. The van der Waals surface area contributed by atoms with Crippen molar-refractivity contribution in [2.45, 2.75) is 0 Å². The molecule has 0 atom stereocenters. The van der Waals surface area contributed by atoms with Gasteiger partial charge in [0.2, 0.25) is 0 Å². The molecule has 0 amide bonds. The van der Waals surface area contributed by atoms with E-state index in [1.165, 1.54) is 0 Å². The smallest absolute Gasteiger partial charge is 0.160 e. The van der Waals surface area contributed by atoms with Crippen LogP contribution in [0.15, 0.2) is 28.7 Å². The van der Waals surface area contributed by atoms with E-state index in [9.17, 15) is 0 Å². The number of benzene rings is 1. The van der Waals surface area contributed by atoms with Gasteiger partial charge in [-0.05, 0) is 22.0 Å². The van der Waals surface area contributed by atoms with Gasteiger partial charge in [-0.2, -0.15) is 5.10 Å². The molecule has 1 heterocycles. The van der Waals surface area contributed by atoms with E-state index in [4.69, 9.17) is 17.3 Å². The Balaban J connectivity index is 2.60. The molecule has 0 bridgehead atoms. The van der Waals surface area contributed by atoms with Gasteiger partial charge in [-0.15, -0.1) is 0 Å². The van der Waals surface area contributed by atoms with Crippen molar-refractivity contribution in [1.29, 1.82) is 0 Å². The van der Waals surface area contributed by atoms with Crippen molar-refractivity contribution >= 4 is 33.3 Å². The number of aromatic nitrogens is 2. The predicted octanol–water partition coefficient (Wildman–Crippen LogP) is 3.07. The highest BCUT2D eigenvalue weighted by Crippen LogP contribution is 2.33. The number of nitrogens with two attached hydrogens (primary N) is 1. The maximum atomic E-state index is 6.03. The fourth-order valence-corrected chi connectivity index (χ4v) is 1.81. The van der Waals surface area contributed by atoms with Gasteiger partial charge in [-0.1, -0.05) is 29.8 Å². The standard InChI is InChI=1S/C9H7BrClN3/c10-7-8(13-14-9(7)12)5-3-1-2-4-6(5)11/h1-4H,(H3,12,13,14).